The fraction of sp³-hybridized carbons (Fsp3) is 0.111. The van der Waals surface area contributed by atoms with E-state index in [1.807, 2.05) is 18.6 Å². The van der Waals surface area contributed by atoms with Crippen molar-refractivity contribution in [3.63, 3.8) is 0 Å². The Morgan fingerprint density at radius 1 is 1.12 bits per heavy atom. The van der Waals surface area contributed by atoms with Gasteiger partial charge in [0.25, 0.3) is 0 Å². The van der Waals surface area contributed by atoms with Gasteiger partial charge in [-0.25, -0.2) is 0 Å². The number of aromatic nitrogens is 2. The zero-order valence-electron chi connectivity index (χ0n) is 13.2. The molecule has 0 aliphatic carbocycles. The van der Waals surface area contributed by atoms with E-state index in [9.17, 15) is 13.2 Å². The van der Waals surface area contributed by atoms with Crippen molar-refractivity contribution >= 4 is 11.3 Å². The predicted octanol–water partition coefficient (Wildman–Crippen LogP) is 4.77. The number of alkyl halides is 3. The number of hydrogen-bond donors (Lipinski definition) is 0. The molecule has 0 N–H and O–H groups in total. The highest BCUT2D eigenvalue weighted by molar-refractivity contribution is 7.14. The molecular formula is C18H11F3N3OS. The summed E-state index contributed by atoms with van der Waals surface area (Å²) in [5.41, 5.74) is 2.11. The standard InChI is InChI=1S/C18H11F3N3OS/c19-18(20,21)25-15-3-1-2-14(10-15)17-24-23-16(26-17)9-8-12-4-6-13(11-22)7-5-12/h1-7,9-10H,8H2. The van der Waals surface area contributed by atoms with Gasteiger partial charge in [-0.15, -0.1) is 23.4 Å². The minimum absolute atomic E-state index is 0.298. The van der Waals surface area contributed by atoms with E-state index in [-0.39, 0.29) is 5.75 Å². The van der Waals surface area contributed by atoms with E-state index in [1.165, 1.54) is 29.5 Å². The number of nitriles is 1. The second-order valence-electron chi connectivity index (χ2n) is 5.24. The molecule has 0 saturated heterocycles. The van der Waals surface area contributed by atoms with Crippen LogP contribution in [0.25, 0.3) is 10.6 Å². The van der Waals surface area contributed by atoms with Crippen LogP contribution in [0.4, 0.5) is 13.2 Å². The second kappa shape index (κ2) is 7.54. The van der Waals surface area contributed by atoms with Crippen LogP contribution in [0.2, 0.25) is 0 Å². The van der Waals surface area contributed by atoms with Gasteiger partial charge in [0.1, 0.15) is 15.8 Å². The molecule has 3 aromatic rings. The Bertz CT molecular complexity index is 930. The lowest BCUT2D eigenvalue weighted by Crippen LogP contribution is -2.17. The summed E-state index contributed by atoms with van der Waals surface area (Å²) in [5, 5.41) is 18.0. The Hall–Kier alpha value is -2.92. The summed E-state index contributed by atoms with van der Waals surface area (Å²) in [6.45, 7) is 0. The van der Waals surface area contributed by atoms with Crippen LogP contribution in [-0.4, -0.2) is 16.6 Å². The van der Waals surface area contributed by atoms with Crippen LogP contribution < -0.4 is 4.74 Å². The maximum absolute atomic E-state index is 12.3. The Kier molecular flexibility index (Phi) is 5.19. The molecule has 1 radical (unpaired) electrons. The SMILES string of the molecule is N#Cc1ccc(C[CH]c2nnc(-c3cccc(OC(F)(F)F)c3)s2)cc1. The molecule has 131 valence electrons. The topological polar surface area (TPSA) is 58.8 Å². The summed E-state index contributed by atoms with van der Waals surface area (Å²) in [6.07, 6.45) is -2.25. The molecule has 0 aliphatic rings. The maximum atomic E-state index is 12.3. The molecule has 0 unspecified atom stereocenters. The molecule has 8 heteroatoms. The van der Waals surface area contributed by atoms with E-state index >= 15 is 0 Å². The average molecular weight is 374 g/mol. The Morgan fingerprint density at radius 2 is 1.88 bits per heavy atom. The highest BCUT2D eigenvalue weighted by Crippen LogP contribution is 2.30. The van der Waals surface area contributed by atoms with Crippen LogP contribution in [0.1, 0.15) is 16.1 Å². The summed E-state index contributed by atoms with van der Waals surface area (Å²) in [4.78, 5) is 0. The molecule has 0 atom stereocenters. The van der Waals surface area contributed by atoms with Crippen molar-refractivity contribution in [2.75, 3.05) is 0 Å². The first-order valence-electron chi connectivity index (χ1n) is 7.45. The van der Waals surface area contributed by atoms with Gasteiger partial charge in [-0.1, -0.05) is 35.6 Å². The van der Waals surface area contributed by atoms with Gasteiger partial charge in [-0.05, 0) is 36.2 Å². The molecule has 0 spiro atoms. The number of ether oxygens (including phenoxy) is 1. The lowest BCUT2D eigenvalue weighted by Gasteiger charge is -2.08. The highest BCUT2D eigenvalue weighted by atomic mass is 32.1. The fourth-order valence-electron chi connectivity index (χ4n) is 2.18. The first kappa shape index (κ1) is 17.9. The van der Waals surface area contributed by atoms with Crippen molar-refractivity contribution in [3.05, 3.63) is 71.1 Å². The van der Waals surface area contributed by atoms with Gasteiger partial charge >= 0.3 is 6.36 Å². The third-order valence-corrected chi connectivity index (χ3v) is 4.32. The van der Waals surface area contributed by atoms with E-state index in [0.717, 1.165) is 5.56 Å². The minimum Gasteiger partial charge on any atom is -0.406 e. The van der Waals surface area contributed by atoms with E-state index in [4.69, 9.17) is 5.26 Å². The van der Waals surface area contributed by atoms with Gasteiger partial charge in [0, 0.05) is 12.0 Å². The molecule has 0 fully saturated rings. The van der Waals surface area contributed by atoms with Gasteiger partial charge in [-0.3, -0.25) is 0 Å². The quantitative estimate of drug-likeness (QED) is 0.645. The van der Waals surface area contributed by atoms with Crippen molar-refractivity contribution in [1.29, 1.82) is 5.26 Å². The molecule has 4 nitrogen and oxygen atoms in total. The second-order valence-corrected chi connectivity index (χ2v) is 6.25. The van der Waals surface area contributed by atoms with E-state index < -0.39 is 6.36 Å². The predicted molar refractivity (Wildman–Crippen MR) is 90.3 cm³/mol. The summed E-state index contributed by atoms with van der Waals surface area (Å²) in [7, 11) is 0. The molecule has 26 heavy (non-hydrogen) atoms. The van der Waals surface area contributed by atoms with Crippen molar-refractivity contribution < 1.29 is 17.9 Å². The molecule has 0 amide bonds. The smallest absolute Gasteiger partial charge is 0.406 e. The largest absolute Gasteiger partial charge is 0.573 e. The van der Waals surface area contributed by atoms with Crippen LogP contribution in [0.3, 0.4) is 0 Å². The van der Waals surface area contributed by atoms with Crippen molar-refractivity contribution in [2.45, 2.75) is 12.8 Å². The Balaban J connectivity index is 1.67. The van der Waals surface area contributed by atoms with Gasteiger partial charge in [0.15, 0.2) is 0 Å². The Labute approximate surface area is 151 Å². The van der Waals surface area contributed by atoms with Crippen LogP contribution in [0.15, 0.2) is 48.5 Å². The van der Waals surface area contributed by atoms with Crippen LogP contribution in [-0.2, 0) is 6.42 Å². The number of halogens is 3. The molecule has 0 aliphatic heterocycles. The first-order valence-corrected chi connectivity index (χ1v) is 8.26. The number of nitrogens with zero attached hydrogens (tertiary/aromatic N) is 3. The van der Waals surface area contributed by atoms with Gasteiger partial charge < -0.3 is 4.74 Å². The fourth-order valence-corrected chi connectivity index (χ4v) is 2.95. The zero-order chi connectivity index (χ0) is 18.6. The summed E-state index contributed by atoms with van der Waals surface area (Å²) in [5.74, 6) is -0.298. The average Bonchev–Trinajstić information content (AvgIpc) is 3.08. The van der Waals surface area contributed by atoms with E-state index in [1.54, 1.807) is 18.2 Å². The number of benzene rings is 2. The van der Waals surface area contributed by atoms with Gasteiger partial charge in [-0.2, -0.15) is 5.26 Å². The number of hydrogen-bond acceptors (Lipinski definition) is 5. The van der Waals surface area contributed by atoms with E-state index in [0.29, 0.717) is 27.6 Å². The van der Waals surface area contributed by atoms with Crippen molar-refractivity contribution in [2.24, 2.45) is 0 Å². The number of rotatable bonds is 5. The first-order chi connectivity index (χ1) is 12.4. The van der Waals surface area contributed by atoms with Crippen LogP contribution >= 0.6 is 11.3 Å². The lowest BCUT2D eigenvalue weighted by molar-refractivity contribution is -0.274. The van der Waals surface area contributed by atoms with Gasteiger partial charge in [0.05, 0.1) is 11.6 Å². The van der Waals surface area contributed by atoms with Gasteiger partial charge in [0.2, 0.25) is 0 Å². The normalized spacial score (nSPS) is 11.2. The zero-order valence-corrected chi connectivity index (χ0v) is 14.0. The Morgan fingerprint density at radius 3 is 2.58 bits per heavy atom. The summed E-state index contributed by atoms with van der Waals surface area (Å²) < 4.78 is 40.9. The lowest BCUT2D eigenvalue weighted by atomic mass is 10.1. The highest BCUT2D eigenvalue weighted by Gasteiger charge is 2.31. The monoisotopic (exact) mass is 374 g/mol. The van der Waals surface area contributed by atoms with Crippen LogP contribution in [0.5, 0.6) is 5.75 Å². The molecule has 2 aromatic carbocycles. The molecule has 0 bridgehead atoms. The minimum atomic E-state index is -4.74. The summed E-state index contributed by atoms with van der Waals surface area (Å²) in [6, 6.07) is 14.9. The third-order valence-electron chi connectivity index (χ3n) is 3.35. The summed E-state index contributed by atoms with van der Waals surface area (Å²) >= 11 is 1.27. The third kappa shape index (κ3) is 4.80. The van der Waals surface area contributed by atoms with Crippen molar-refractivity contribution in [3.8, 4) is 22.4 Å². The molecule has 0 saturated carbocycles. The van der Waals surface area contributed by atoms with Crippen molar-refractivity contribution in [1.82, 2.24) is 10.2 Å². The maximum Gasteiger partial charge on any atom is 0.573 e. The molecule has 1 aromatic heterocycles. The van der Waals surface area contributed by atoms with Crippen LogP contribution in [0, 0.1) is 17.8 Å². The molecular weight excluding hydrogens is 363 g/mol. The molecule has 1 heterocycles. The van der Waals surface area contributed by atoms with E-state index in [2.05, 4.69) is 21.0 Å². The molecule has 3 rings (SSSR count).